The minimum atomic E-state index is -0.142. The normalized spacial score (nSPS) is 10.7. The largest absolute Gasteiger partial charge is 0.376 e. The van der Waals surface area contributed by atoms with Crippen LogP contribution in [0.2, 0.25) is 10.0 Å². The van der Waals surface area contributed by atoms with Gasteiger partial charge in [-0.3, -0.25) is 4.79 Å². The van der Waals surface area contributed by atoms with E-state index in [4.69, 9.17) is 23.2 Å². The van der Waals surface area contributed by atoms with E-state index in [1.807, 2.05) is 38.1 Å². The number of nitrogens with zero attached hydrogens (tertiary/aromatic N) is 1. The topological polar surface area (TPSA) is 54.0 Å². The average molecular weight is 420 g/mol. The van der Waals surface area contributed by atoms with E-state index in [-0.39, 0.29) is 12.5 Å². The van der Waals surface area contributed by atoms with Gasteiger partial charge in [-0.1, -0.05) is 53.0 Å². The summed E-state index contributed by atoms with van der Waals surface area (Å²) in [5.41, 5.74) is 4.18. The van der Waals surface area contributed by atoms with Crippen LogP contribution in [0.15, 0.2) is 42.6 Å². The van der Waals surface area contributed by atoms with Crippen molar-refractivity contribution in [2.45, 2.75) is 20.3 Å². The first-order valence-electron chi connectivity index (χ1n) is 8.41. The summed E-state index contributed by atoms with van der Waals surface area (Å²) < 4.78 is 0. The molecule has 1 heterocycles. The molecule has 0 aliphatic heterocycles. The van der Waals surface area contributed by atoms with Gasteiger partial charge in [-0.05, 0) is 37.1 Å². The molecular formula is C20H19Cl2N3OS. The molecule has 140 valence electrons. The van der Waals surface area contributed by atoms with Crippen LogP contribution in [0.1, 0.15) is 21.6 Å². The van der Waals surface area contributed by atoms with E-state index >= 15 is 0 Å². The van der Waals surface area contributed by atoms with Gasteiger partial charge >= 0.3 is 0 Å². The first-order valence-corrected chi connectivity index (χ1v) is 9.98. The number of anilines is 2. The highest BCUT2D eigenvalue weighted by Crippen LogP contribution is 2.29. The van der Waals surface area contributed by atoms with Crippen molar-refractivity contribution in [3.8, 4) is 0 Å². The second-order valence-electron chi connectivity index (χ2n) is 6.24. The lowest BCUT2D eigenvalue weighted by Crippen LogP contribution is -2.21. The number of hydrogen-bond acceptors (Lipinski definition) is 4. The van der Waals surface area contributed by atoms with Gasteiger partial charge in [0.15, 0.2) is 5.13 Å². The SMILES string of the molecule is Cc1ccc(NCC(=O)Nc2ncc(Cc3cccc(Cl)c3Cl)s2)c(C)c1. The summed E-state index contributed by atoms with van der Waals surface area (Å²) in [7, 11) is 0. The minimum Gasteiger partial charge on any atom is -0.376 e. The standard InChI is InChI=1S/C20H19Cl2N3OS/c1-12-6-7-17(13(2)8-12)23-11-18(26)25-20-24-10-15(27-20)9-14-4-3-5-16(21)19(14)22/h3-8,10,23H,9,11H2,1-2H3,(H,24,25,26). The second-order valence-corrected chi connectivity index (χ2v) is 8.14. The van der Waals surface area contributed by atoms with Gasteiger partial charge in [-0.15, -0.1) is 11.3 Å². The van der Waals surface area contributed by atoms with E-state index in [1.165, 1.54) is 16.9 Å². The van der Waals surface area contributed by atoms with Gasteiger partial charge in [0.2, 0.25) is 5.91 Å². The van der Waals surface area contributed by atoms with Gasteiger partial charge in [0.05, 0.1) is 16.6 Å². The molecule has 0 atom stereocenters. The van der Waals surface area contributed by atoms with Gasteiger partial charge in [0, 0.05) is 23.2 Å². The number of carbonyl (C=O) groups is 1. The Hall–Kier alpha value is -2.08. The summed E-state index contributed by atoms with van der Waals surface area (Å²) in [6.45, 7) is 4.24. The van der Waals surface area contributed by atoms with Crippen LogP contribution in [0.4, 0.5) is 10.8 Å². The van der Waals surface area contributed by atoms with Crippen LogP contribution in [-0.2, 0) is 11.2 Å². The molecule has 0 aliphatic rings. The highest BCUT2D eigenvalue weighted by Gasteiger charge is 2.10. The van der Waals surface area contributed by atoms with Crippen LogP contribution >= 0.6 is 34.5 Å². The summed E-state index contributed by atoms with van der Waals surface area (Å²) in [6, 6.07) is 11.6. The van der Waals surface area contributed by atoms with Crippen LogP contribution in [0.3, 0.4) is 0 Å². The summed E-state index contributed by atoms with van der Waals surface area (Å²) >= 11 is 13.7. The molecule has 2 aromatic carbocycles. The van der Waals surface area contributed by atoms with E-state index in [0.29, 0.717) is 21.6 Å². The molecule has 1 aromatic heterocycles. The zero-order valence-electron chi connectivity index (χ0n) is 15.0. The quantitative estimate of drug-likeness (QED) is 0.537. The number of rotatable bonds is 6. The Bertz CT molecular complexity index is 972. The molecule has 3 aromatic rings. The number of amides is 1. The van der Waals surface area contributed by atoms with E-state index in [2.05, 4.69) is 21.7 Å². The summed E-state index contributed by atoms with van der Waals surface area (Å²) in [6.07, 6.45) is 2.36. The fourth-order valence-corrected chi connectivity index (χ4v) is 3.91. The molecule has 27 heavy (non-hydrogen) atoms. The van der Waals surface area contributed by atoms with E-state index in [1.54, 1.807) is 12.3 Å². The van der Waals surface area contributed by atoms with Gasteiger partial charge < -0.3 is 10.6 Å². The van der Waals surface area contributed by atoms with Gasteiger partial charge in [-0.25, -0.2) is 4.98 Å². The molecule has 4 nitrogen and oxygen atoms in total. The fourth-order valence-electron chi connectivity index (χ4n) is 2.67. The maximum atomic E-state index is 12.2. The third kappa shape index (κ3) is 5.22. The highest BCUT2D eigenvalue weighted by molar-refractivity contribution is 7.15. The molecule has 0 saturated heterocycles. The molecule has 1 amide bonds. The molecule has 7 heteroatoms. The second kappa shape index (κ2) is 8.74. The molecular weight excluding hydrogens is 401 g/mol. The number of hydrogen-bond donors (Lipinski definition) is 2. The summed E-state index contributed by atoms with van der Waals surface area (Å²) in [5.74, 6) is -0.142. The zero-order chi connectivity index (χ0) is 19.4. The van der Waals surface area contributed by atoms with Crippen LogP contribution < -0.4 is 10.6 Å². The van der Waals surface area contributed by atoms with E-state index in [0.717, 1.165) is 21.7 Å². The highest BCUT2D eigenvalue weighted by atomic mass is 35.5. The lowest BCUT2D eigenvalue weighted by atomic mass is 10.1. The number of carbonyl (C=O) groups excluding carboxylic acids is 1. The Labute approximate surface area is 172 Å². The Kier molecular flexibility index (Phi) is 6.37. The lowest BCUT2D eigenvalue weighted by Gasteiger charge is -2.09. The third-order valence-corrected chi connectivity index (χ3v) is 5.79. The molecule has 0 bridgehead atoms. The van der Waals surface area contributed by atoms with Crippen molar-refractivity contribution in [1.82, 2.24) is 4.98 Å². The Morgan fingerprint density at radius 3 is 2.78 bits per heavy atom. The zero-order valence-corrected chi connectivity index (χ0v) is 17.3. The van der Waals surface area contributed by atoms with Crippen molar-refractivity contribution in [1.29, 1.82) is 0 Å². The predicted octanol–water partition coefficient (Wildman–Crippen LogP) is 5.71. The number of aromatic nitrogens is 1. The summed E-state index contributed by atoms with van der Waals surface area (Å²) in [4.78, 5) is 17.5. The Morgan fingerprint density at radius 1 is 1.19 bits per heavy atom. The smallest absolute Gasteiger partial charge is 0.245 e. The number of thiazole rings is 1. The predicted molar refractivity (Wildman–Crippen MR) is 114 cm³/mol. The van der Waals surface area contributed by atoms with E-state index < -0.39 is 0 Å². The van der Waals surface area contributed by atoms with Gasteiger partial charge in [0.1, 0.15) is 0 Å². The van der Waals surface area contributed by atoms with Crippen molar-refractivity contribution >= 4 is 51.3 Å². The van der Waals surface area contributed by atoms with Crippen LogP contribution in [0.5, 0.6) is 0 Å². The minimum absolute atomic E-state index is 0.142. The molecule has 0 aliphatic carbocycles. The van der Waals surface area contributed by atoms with Crippen molar-refractivity contribution in [3.63, 3.8) is 0 Å². The van der Waals surface area contributed by atoms with Crippen molar-refractivity contribution in [3.05, 3.63) is 74.2 Å². The van der Waals surface area contributed by atoms with Crippen molar-refractivity contribution in [2.24, 2.45) is 0 Å². The number of halogens is 2. The number of aryl methyl sites for hydroxylation is 2. The molecule has 3 rings (SSSR count). The van der Waals surface area contributed by atoms with Gasteiger partial charge in [0.25, 0.3) is 0 Å². The van der Waals surface area contributed by atoms with Crippen LogP contribution in [-0.4, -0.2) is 17.4 Å². The number of benzene rings is 2. The van der Waals surface area contributed by atoms with Crippen LogP contribution in [0.25, 0.3) is 0 Å². The first kappa shape index (κ1) is 19.7. The Balaban J connectivity index is 1.57. The Morgan fingerprint density at radius 2 is 2.00 bits per heavy atom. The molecule has 0 fully saturated rings. The average Bonchev–Trinajstić information content (AvgIpc) is 3.05. The van der Waals surface area contributed by atoms with Crippen LogP contribution in [0, 0.1) is 13.8 Å². The third-order valence-electron chi connectivity index (χ3n) is 4.02. The first-order chi connectivity index (χ1) is 12.9. The van der Waals surface area contributed by atoms with Crippen molar-refractivity contribution in [2.75, 3.05) is 17.2 Å². The van der Waals surface area contributed by atoms with E-state index in [9.17, 15) is 4.79 Å². The molecule has 0 radical (unpaired) electrons. The molecule has 0 spiro atoms. The summed E-state index contributed by atoms with van der Waals surface area (Å²) in [5, 5.41) is 7.62. The molecule has 0 saturated carbocycles. The van der Waals surface area contributed by atoms with Crippen molar-refractivity contribution < 1.29 is 4.79 Å². The van der Waals surface area contributed by atoms with Gasteiger partial charge in [-0.2, -0.15) is 0 Å². The lowest BCUT2D eigenvalue weighted by molar-refractivity contribution is -0.114. The maximum absolute atomic E-state index is 12.2. The number of nitrogens with one attached hydrogen (secondary N) is 2. The molecule has 2 N–H and O–H groups in total. The monoisotopic (exact) mass is 419 g/mol. The maximum Gasteiger partial charge on any atom is 0.245 e. The molecule has 0 unspecified atom stereocenters. The fraction of sp³-hybridized carbons (Fsp3) is 0.200.